The van der Waals surface area contributed by atoms with Crippen molar-refractivity contribution in [2.24, 2.45) is 5.14 Å². The molecule has 0 saturated carbocycles. The highest BCUT2D eigenvalue weighted by Crippen LogP contribution is 2.35. The van der Waals surface area contributed by atoms with Crippen LogP contribution in [0.15, 0.2) is 82.7 Å². The van der Waals surface area contributed by atoms with Gasteiger partial charge in [0.05, 0.1) is 17.5 Å². The van der Waals surface area contributed by atoms with Gasteiger partial charge in [0.25, 0.3) is 20.0 Å². The fourth-order valence-electron chi connectivity index (χ4n) is 3.80. The summed E-state index contributed by atoms with van der Waals surface area (Å²) in [5.41, 5.74) is 1.41. The third-order valence-corrected chi connectivity index (χ3v) is 8.37. The van der Waals surface area contributed by atoms with Crippen LogP contribution in [0.4, 0.5) is 0 Å². The Bertz CT molecular complexity index is 1530. The van der Waals surface area contributed by atoms with E-state index in [1.807, 2.05) is 12.1 Å². The molecule has 0 atom stereocenters. The predicted octanol–water partition coefficient (Wildman–Crippen LogP) is 3.97. The van der Waals surface area contributed by atoms with Gasteiger partial charge in [-0.2, -0.15) is 0 Å². The summed E-state index contributed by atoms with van der Waals surface area (Å²) in [6, 6.07) is 19.5. The quantitative estimate of drug-likeness (QED) is 0.409. The number of aryl methyl sites for hydroxylation is 2. The van der Waals surface area contributed by atoms with Crippen molar-refractivity contribution in [2.75, 3.05) is 7.11 Å². The van der Waals surface area contributed by atoms with Gasteiger partial charge in [-0.3, -0.25) is 0 Å². The lowest BCUT2D eigenvalue weighted by Crippen LogP contribution is -2.23. The number of methoxy groups -OCH3 is 1. The van der Waals surface area contributed by atoms with Crippen LogP contribution in [-0.2, 0) is 32.9 Å². The normalized spacial score (nSPS) is 12.2. The third-order valence-electron chi connectivity index (χ3n) is 5.32. The van der Waals surface area contributed by atoms with Gasteiger partial charge in [0, 0.05) is 10.4 Å². The van der Waals surface area contributed by atoms with Gasteiger partial charge in [-0.25, -0.2) is 25.9 Å². The fourth-order valence-corrected chi connectivity index (χ4v) is 6.92. The van der Waals surface area contributed by atoms with Crippen molar-refractivity contribution in [3.63, 3.8) is 0 Å². The minimum atomic E-state index is -4.42. The minimum Gasteiger partial charge on any atom is -0.497 e. The van der Waals surface area contributed by atoms with Crippen molar-refractivity contribution in [3.05, 3.63) is 88.9 Å². The molecule has 2 N–H and O–H groups in total. The zero-order valence-electron chi connectivity index (χ0n) is 17.6. The van der Waals surface area contributed by atoms with Crippen LogP contribution < -0.4 is 9.88 Å². The van der Waals surface area contributed by atoms with Crippen molar-refractivity contribution in [2.45, 2.75) is 22.8 Å². The van der Waals surface area contributed by atoms with Gasteiger partial charge in [0.2, 0.25) is 0 Å². The number of fused-ring (bicyclic) bond motifs is 1. The van der Waals surface area contributed by atoms with Crippen LogP contribution in [0.1, 0.15) is 11.1 Å². The van der Waals surface area contributed by atoms with Gasteiger partial charge in [-0.15, -0.1) is 0 Å². The Morgan fingerprint density at radius 2 is 1.58 bits per heavy atom. The zero-order valence-corrected chi connectivity index (χ0v) is 20.0. The third kappa shape index (κ3) is 4.49. The topological polar surface area (TPSA) is 108 Å². The van der Waals surface area contributed by atoms with Gasteiger partial charge in [-0.1, -0.05) is 41.9 Å². The smallest absolute Gasteiger partial charge is 0.269 e. The Balaban J connectivity index is 1.95. The summed E-state index contributed by atoms with van der Waals surface area (Å²) in [5, 5.41) is 5.88. The second-order valence-electron chi connectivity index (χ2n) is 7.42. The highest BCUT2D eigenvalue weighted by atomic mass is 35.5. The SMILES string of the molecule is COc1ccc(CCc2c(S(N)(=O)=O)n(S(=O)(=O)c3ccccc3)c3ccc(Cl)cc23)cc1. The summed E-state index contributed by atoms with van der Waals surface area (Å²) in [4.78, 5) is -0.0524. The molecule has 7 nitrogen and oxygen atoms in total. The molecule has 0 unspecified atom stereocenters. The van der Waals surface area contributed by atoms with E-state index in [0.717, 1.165) is 9.54 Å². The number of ether oxygens (including phenoxy) is 1. The standard InChI is InChI=1S/C23H21ClN2O5S2/c1-31-18-11-7-16(8-12-18)9-13-20-21-15-17(24)10-14-22(21)26(23(20)32(25,27)28)33(29,30)19-5-3-2-4-6-19/h2-8,10-12,14-15H,9,13H2,1H3,(H2,25,27,28). The van der Waals surface area contributed by atoms with Crippen LogP contribution in [-0.4, -0.2) is 27.9 Å². The molecule has 0 aliphatic carbocycles. The second-order valence-corrected chi connectivity index (χ2v) is 11.1. The number of rotatable bonds is 7. The Hall–Kier alpha value is -2.85. The number of hydrogen-bond acceptors (Lipinski definition) is 5. The van der Waals surface area contributed by atoms with E-state index in [1.165, 1.54) is 24.3 Å². The van der Waals surface area contributed by atoms with Crippen LogP contribution in [0.25, 0.3) is 10.9 Å². The number of benzene rings is 3. The van der Waals surface area contributed by atoms with E-state index in [9.17, 15) is 16.8 Å². The maximum atomic E-state index is 13.6. The Morgan fingerprint density at radius 3 is 2.18 bits per heavy atom. The molecule has 172 valence electrons. The van der Waals surface area contributed by atoms with E-state index in [0.29, 0.717) is 28.1 Å². The van der Waals surface area contributed by atoms with Gasteiger partial charge in [0.1, 0.15) is 5.75 Å². The summed E-state index contributed by atoms with van der Waals surface area (Å²) < 4.78 is 58.6. The van der Waals surface area contributed by atoms with Crippen molar-refractivity contribution in [1.82, 2.24) is 3.97 Å². The van der Waals surface area contributed by atoms with Gasteiger partial charge < -0.3 is 4.74 Å². The monoisotopic (exact) mass is 504 g/mol. The summed E-state index contributed by atoms with van der Waals surface area (Å²) in [6.07, 6.45) is 0.676. The molecule has 0 fully saturated rings. The van der Waals surface area contributed by atoms with Crippen LogP contribution >= 0.6 is 11.6 Å². The van der Waals surface area contributed by atoms with Gasteiger partial charge in [-0.05, 0) is 66.4 Å². The van der Waals surface area contributed by atoms with E-state index in [2.05, 4.69) is 0 Å². The molecule has 0 aliphatic rings. The molecule has 33 heavy (non-hydrogen) atoms. The first-order valence-corrected chi connectivity index (χ1v) is 13.3. The molecule has 4 rings (SSSR count). The number of nitrogens with zero attached hydrogens (tertiary/aromatic N) is 1. The van der Waals surface area contributed by atoms with Gasteiger partial charge >= 0.3 is 0 Å². The summed E-state index contributed by atoms with van der Waals surface area (Å²) >= 11 is 6.20. The molecular weight excluding hydrogens is 484 g/mol. The zero-order chi connectivity index (χ0) is 23.8. The second kappa shape index (κ2) is 8.83. The molecule has 10 heteroatoms. The van der Waals surface area contributed by atoms with Crippen molar-refractivity contribution in [3.8, 4) is 5.75 Å². The molecule has 0 radical (unpaired) electrons. The predicted molar refractivity (Wildman–Crippen MR) is 128 cm³/mol. The van der Waals surface area contributed by atoms with E-state index in [1.54, 1.807) is 43.5 Å². The first kappa shape index (κ1) is 23.3. The van der Waals surface area contributed by atoms with E-state index < -0.39 is 25.1 Å². The Morgan fingerprint density at radius 1 is 0.909 bits per heavy atom. The van der Waals surface area contributed by atoms with Crippen LogP contribution in [0.5, 0.6) is 5.75 Å². The summed E-state index contributed by atoms with van der Waals surface area (Å²) in [7, 11) is -7.12. The lowest BCUT2D eigenvalue weighted by atomic mass is 10.0. The van der Waals surface area contributed by atoms with Crippen molar-refractivity contribution < 1.29 is 21.6 Å². The number of nitrogens with two attached hydrogens (primary N) is 1. The van der Waals surface area contributed by atoms with Crippen molar-refractivity contribution in [1.29, 1.82) is 0 Å². The molecule has 1 heterocycles. The number of sulfonamides is 1. The number of primary sulfonamides is 1. The lowest BCUT2D eigenvalue weighted by molar-refractivity contribution is 0.414. The molecule has 1 aromatic heterocycles. The first-order valence-electron chi connectivity index (χ1n) is 9.92. The average Bonchev–Trinajstić information content (AvgIpc) is 3.13. The molecule has 3 aromatic carbocycles. The summed E-state index contributed by atoms with van der Waals surface area (Å²) in [6.45, 7) is 0. The maximum Gasteiger partial charge on any atom is 0.269 e. The lowest BCUT2D eigenvalue weighted by Gasteiger charge is -2.12. The van der Waals surface area contributed by atoms with E-state index in [-0.39, 0.29) is 16.8 Å². The maximum absolute atomic E-state index is 13.6. The summed E-state index contributed by atoms with van der Waals surface area (Å²) in [5.74, 6) is 0.696. The number of hydrogen-bond donors (Lipinski definition) is 1. The highest BCUT2D eigenvalue weighted by Gasteiger charge is 2.32. The first-order chi connectivity index (χ1) is 15.6. The fraction of sp³-hybridized carbons (Fsp3) is 0.130. The number of halogens is 1. The largest absolute Gasteiger partial charge is 0.497 e. The van der Waals surface area contributed by atoms with Gasteiger partial charge in [0.15, 0.2) is 5.03 Å². The molecular formula is C23H21ClN2O5S2. The average molecular weight is 505 g/mol. The molecule has 4 aromatic rings. The highest BCUT2D eigenvalue weighted by molar-refractivity contribution is 7.92. The number of aromatic nitrogens is 1. The Labute approximate surface area is 197 Å². The van der Waals surface area contributed by atoms with Crippen LogP contribution in [0.3, 0.4) is 0 Å². The van der Waals surface area contributed by atoms with Crippen LogP contribution in [0, 0.1) is 0 Å². The molecule has 0 saturated heterocycles. The molecule has 0 spiro atoms. The van der Waals surface area contributed by atoms with Crippen LogP contribution in [0.2, 0.25) is 5.02 Å². The van der Waals surface area contributed by atoms with E-state index >= 15 is 0 Å². The minimum absolute atomic E-state index is 0.0524. The Kier molecular flexibility index (Phi) is 6.24. The van der Waals surface area contributed by atoms with E-state index in [4.69, 9.17) is 21.5 Å². The molecule has 0 aliphatic heterocycles. The molecule has 0 amide bonds. The molecule has 0 bridgehead atoms. The van der Waals surface area contributed by atoms with Crippen molar-refractivity contribution >= 4 is 42.6 Å².